The highest BCUT2D eigenvalue weighted by atomic mass is 79.9. The average molecular weight is 332 g/mol. The normalized spacial score (nSPS) is 14.0. The first-order valence-corrected chi connectivity index (χ1v) is 7.91. The lowest BCUT2D eigenvalue weighted by atomic mass is 10.0. The molecule has 0 bridgehead atoms. The molecule has 106 valence electrons. The van der Waals surface area contributed by atoms with Crippen molar-refractivity contribution in [3.63, 3.8) is 0 Å². The van der Waals surface area contributed by atoms with E-state index in [1.165, 1.54) is 16.7 Å². The van der Waals surface area contributed by atoms with Gasteiger partial charge in [0.05, 0.1) is 0 Å². The molecule has 0 radical (unpaired) electrons. The van der Waals surface area contributed by atoms with E-state index in [9.17, 15) is 0 Å². The van der Waals surface area contributed by atoms with E-state index in [2.05, 4.69) is 90.5 Å². The molecule has 2 heteroatoms. The summed E-state index contributed by atoms with van der Waals surface area (Å²) in [6.07, 6.45) is 1.05. The third-order valence-corrected chi connectivity index (χ3v) is 4.06. The van der Waals surface area contributed by atoms with Crippen molar-refractivity contribution in [3.8, 4) is 0 Å². The van der Waals surface area contributed by atoms with Gasteiger partial charge in [0.1, 0.15) is 0 Å². The summed E-state index contributed by atoms with van der Waals surface area (Å²) in [6.45, 7) is 6.61. The molecule has 0 heterocycles. The van der Waals surface area contributed by atoms with Crippen molar-refractivity contribution in [1.29, 1.82) is 0 Å². The summed E-state index contributed by atoms with van der Waals surface area (Å²) in [5, 5.41) is 3.67. The summed E-state index contributed by atoms with van der Waals surface area (Å²) >= 11 is 3.47. The fourth-order valence-electron chi connectivity index (χ4n) is 2.50. The highest BCUT2D eigenvalue weighted by Crippen LogP contribution is 2.16. The first-order chi connectivity index (χ1) is 9.54. The Morgan fingerprint density at radius 3 is 2.40 bits per heavy atom. The van der Waals surface area contributed by atoms with Crippen LogP contribution in [0.1, 0.15) is 36.6 Å². The molecule has 0 saturated carbocycles. The number of halogens is 1. The van der Waals surface area contributed by atoms with Gasteiger partial charge in [0.15, 0.2) is 0 Å². The summed E-state index contributed by atoms with van der Waals surface area (Å²) < 4.78 is 1.13. The van der Waals surface area contributed by atoms with Gasteiger partial charge in [-0.3, -0.25) is 0 Å². The molecule has 0 aromatic heterocycles. The van der Waals surface area contributed by atoms with Crippen LogP contribution >= 0.6 is 15.9 Å². The molecule has 2 unspecified atom stereocenters. The predicted molar refractivity (Wildman–Crippen MR) is 90.0 cm³/mol. The second-order valence-corrected chi connectivity index (χ2v) is 6.45. The fourth-order valence-corrected chi connectivity index (χ4v) is 2.76. The van der Waals surface area contributed by atoms with Gasteiger partial charge >= 0.3 is 0 Å². The molecular weight excluding hydrogens is 310 g/mol. The Kier molecular flexibility index (Phi) is 5.38. The molecule has 0 saturated heterocycles. The van der Waals surface area contributed by atoms with Crippen LogP contribution in [0.5, 0.6) is 0 Å². The van der Waals surface area contributed by atoms with Crippen LogP contribution in [0, 0.1) is 6.92 Å². The minimum atomic E-state index is 0.375. The summed E-state index contributed by atoms with van der Waals surface area (Å²) in [5.74, 6) is 0. The van der Waals surface area contributed by atoms with Crippen LogP contribution in [0.2, 0.25) is 0 Å². The number of nitrogens with one attached hydrogen (secondary N) is 1. The topological polar surface area (TPSA) is 12.0 Å². The third-order valence-electron chi connectivity index (χ3n) is 3.53. The SMILES string of the molecule is Cc1cccc(C(C)NC(C)Cc2ccc(Br)cc2)c1. The molecule has 2 aromatic rings. The van der Waals surface area contributed by atoms with E-state index in [4.69, 9.17) is 0 Å². The Balaban J connectivity index is 1.93. The summed E-state index contributed by atoms with van der Waals surface area (Å²) in [5.41, 5.74) is 4.04. The van der Waals surface area contributed by atoms with Gasteiger partial charge in [-0.2, -0.15) is 0 Å². The largest absolute Gasteiger partial charge is 0.307 e. The molecule has 20 heavy (non-hydrogen) atoms. The van der Waals surface area contributed by atoms with Crippen molar-refractivity contribution in [2.75, 3.05) is 0 Å². The van der Waals surface area contributed by atoms with Gasteiger partial charge in [0.25, 0.3) is 0 Å². The van der Waals surface area contributed by atoms with Crippen LogP contribution < -0.4 is 5.32 Å². The molecule has 2 atom stereocenters. The highest BCUT2D eigenvalue weighted by Gasteiger charge is 2.10. The van der Waals surface area contributed by atoms with Gasteiger partial charge < -0.3 is 5.32 Å². The predicted octanol–water partition coefficient (Wildman–Crippen LogP) is 5.04. The lowest BCUT2D eigenvalue weighted by Gasteiger charge is -2.21. The van der Waals surface area contributed by atoms with Crippen LogP contribution in [0.4, 0.5) is 0 Å². The monoisotopic (exact) mass is 331 g/mol. The van der Waals surface area contributed by atoms with Gasteiger partial charge in [-0.25, -0.2) is 0 Å². The zero-order chi connectivity index (χ0) is 14.5. The van der Waals surface area contributed by atoms with Crippen LogP contribution in [0.3, 0.4) is 0 Å². The summed E-state index contributed by atoms with van der Waals surface area (Å²) in [7, 11) is 0. The Morgan fingerprint density at radius 2 is 1.75 bits per heavy atom. The van der Waals surface area contributed by atoms with Gasteiger partial charge in [0.2, 0.25) is 0 Å². The molecule has 0 fully saturated rings. The minimum absolute atomic E-state index is 0.375. The standard InChI is InChI=1S/C18H22BrN/c1-13-5-4-6-17(11-13)15(3)20-14(2)12-16-7-9-18(19)10-8-16/h4-11,14-15,20H,12H2,1-3H3. The van der Waals surface area contributed by atoms with Crippen molar-refractivity contribution < 1.29 is 0 Å². The Bertz CT molecular complexity index is 548. The summed E-state index contributed by atoms with van der Waals surface area (Å²) in [6, 6.07) is 18.1. The molecule has 1 N–H and O–H groups in total. The van der Waals surface area contributed by atoms with Crippen molar-refractivity contribution in [2.24, 2.45) is 0 Å². The number of aryl methyl sites for hydroxylation is 1. The third kappa shape index (κ3) is 4.46. The number of rotatable bonds is 5. The average Bonchev–Trinajstić information content (AvgIpc) is 2.41. The molecule has 0 spiro atoms. The van der Waals surface area contributed by atoms with Crippen molar-refractivity contribution in [1.82, 2.24) is 5.32 Å². The first kappa shape index (κ1) is 15.3. The summed E-state index contributed by atoms with van der Waals surface area (Å²) in [4.78, 5) is 0. The zero-order valence-corrected chi connectivity index (χ0v) is 13.9. The Labute approximate surface area is 130 Å². The number of benzene rings is 2. The maximum atomic E-state index is 3.67. The van der Waals surface area contributed by atoms with Gasteiger partial charge in [-0.1, -0.05) is 57.9 Å². The van der Waals surface area contributed by atoms with E-state index >= 15 is 0 Å². The quantitative estimate of drug-likeness (QED) is 0.809. The van der Waals surface area contributed by atoms with Crippen molar-refractivity contribution >= 4 is 15.9 Å². The van der Waals surface area contributed by atoms with E-state index in [-0.39, 0.29) is 0 Å². The maximum Gasteiger partial charge on any atom is 0.0294 e. The molecule has 1 nitrogen and oxygen atoms in total. The van der Waals surface area contributed by atoms with Crippen LogP contribution in [0.15, 0.2) is 53.0 Å². The molecular formula is C18H22BrN. The Morgan fingerprint density at radius 1 is 1.05 bits per heavy atom. The zero-order valence-electron chi connectivity index (χ0n) is 12.4. The van der Waals surface area contributed by atoms with Gasteiger partial charge in [0, 0.05) is 16.6 Å². The van der Waals surface area contributed by atoms with E-state index in [0.717, 1.165) is 10.9 Å². The second-order valence-electron chi connectivity index (χ2n) is 5.53. The molecule has 0 amide bonds. The Hall–Kier alpha value is -1.12. The van der Waals surface area contributed by atoms with Crippen LogP contribution in [-0.2, 0) is 6.42 Å². The molecule has 2 rings (SSSR count). The smallest absolute Gasteiger partial charge is 0.0294 e. The number of hydrogen-bond acceptors (Lipinski definition) is 1. The molecule has 0 aliphatic rings. The lowest BCUT2D eigenvalue weighted by molar-refractivity contribution is 0.477. The number of hydrogen-bond donors (Lipinski definition) is 1. The first-order valence-electron chi connectivity index (χ1n) is 7.11. The second kappa shape index (κ2) is 7.05. The van der Waals surface area contributed by atoms with Gasteiger partial charge in [-0.15, -0.1) is 0 Å². The van der Waals surface area contributed by atoms with E-state index < -0.39 is 0 Å². The highest BCUT2D eigenvalue weighted by molar-refractivity contribution is 9.10. The van der Waals surface area contributed by atoms with E-state index in [0.29, 0.717) is 12.1 Å². The van der Waals surface area contributed by atoms with Crippen molar-refractivity contribution in [2.45, 2.75) is 39.3 Å². The minimum Gasteiger partial charge on any atom is -0.307 e. The van der Waals surface area contributed by atoms with E-state index in [1.54, 1.807) is 0 Å². The van der Waals surface area contributed by atoms with Crippen LogP contribution in [0.25, 0.3) is 0 Å². The maximum absolute atomic E-state index is 3.67. The fraction of sp³-hybridized carbons (Fsp3) is 0.333. The molecule has 2 aromatic carbocycles. The van der Waals surface area contributed by atoms with Crippen molar-refractivity contribution in [3.05, 3.63) is 69.7 Å². The van der Waals surface area contributed by atoms with Gasteiger partial charge in [-0.05, 0) is 50.5 Å². The molecule has 0 aliphatic heterocycles. The van der Waals surface area contributed by atoms with E-state index in [1.807, 2.05) is 0 Å². The lowest BCUT2D eigenvalue weighted by Crippen LogP contribution is -2.30. The molecule has 0 aliphatic carbocycles. The van der Waals surface area contributed by atoms with Crippen LogP contribution in [-0.4, -0.2) is 6.04 Å².